The van der Waals surface area contributed by atoms with E-state index in [2.05, 4.69) is 35.4 Å². The molecule has 1 aromatic carbocycles. The van der Waals surface area contributed by atoms with Gasteiger partial charge in [0.1, 0.15) is 6.04 Å². The van der Waals surface area contributed by atoms with E-state index in [9.17, 15) is 9.59 Å². The minimum absolute atomic E-state index is 0.0318. The normalized spacial score (nSPS) is 15.0. The summed E-state index contributed by atoms with van der Waals surface area (Å²) in [5.74, 6) is -0.127. The summed E-state index contributed by atoms with van der Waals surface area (Å²) >= 11 is 1.57. The van der Waals surface area contributed by atoms with Gasteiger partial charge >= 0.3 is 0 Å². The summed E-state index contributed by atoms with van der Waals surface area (Å²) in [7, 11) is 0. The second kappa shape index (κ2) is 11.9. The smallest absolute Gasteiger partial charge is 0.247 e. The van der Waals surface area contributed by atoms with E-state index in [-0.39, 0.29) is 17.9 Å². The lowest BCUT2D eigenvalue weighted by Gasteiger charge is -2.33. The van der Waals surface area contributed by atoms with Gasteiger partial charge in [-0.25, -0.2) is 0 Å². The van der Waals surface area contributed by atoms with Gasteiger partial charge in [0.2, 0.25) is 11.8 Å². The lowest BCUT2D eigenvalue weighted by atomic mass is 9.94. The van der Waals surface area contributed by atoms with Crippen molar-refractivity contribution in [3.63, 3.8) is 0 Å². The minimum atomic E-state index is -0.679. The van der Waals surface area contributed by atoms with Crippen molar-refractivity contribution in [2.24, 2.45) is 0 Å². The molecule has 1 N–H and O–H groups in total. The highest BCUT2D eigenvalue weighted by Crippen LogP contribution is 2.25. The van der Waals surface area contributed by atoms with E-state index in [0.29, 0.717) is 19.4 Å². The molecule has 0 bridgehead atoms. The fourth-order valence-corrected chi connectivity index (χ4v) is 5.42. The number of thiophene rings is 1. The quantitative estimate of drug-likeness (QED) is 0.459. The number of amides is 2. The summed E-state index contributed by atoms with van der Waals surface area (Å²) in [5.41, 5.74) is 3.15. The summed E-state index contributed by atoms with van der Waals surface area (Å²) < 4.78 is 0. The van der Waals surface area contributed by atoms with Crippen molar-refractivity contribution in [2.75, 3.05) is 6.54 Å². The van der Waals surface area contributed by atoms with Gasteiger partial charge in [-0.05, 0) is 60.9 Å². The monoisotopic (exact) mass is 475 g/mol. The lowest BCUT2D eigenvalue weighted by Crippen LogP contribution is -2.48. The van der Waals surface area contributed by atoms with Crippen molar-refractivity contribution in [2.45, 2.75) is 64.0 Å². The van der Waals surface area contributed by atoms with Gasteiger partial charge in [0.15, 0.2) is 0 Å². The Balaban J connectivity index is 1.62. The molecule has 0 radical (unpaired) electrons. The third kappa shape index (κ3) is 6.54. The minimum Gasteiger partial charge on any atom is -0.351 e. The van der Waals surface area contributed by atoms with Crippen LogP contribution in [0.25, 0.3) is 0 Å². The van der Waals surface area contributed by atoms with E-state index >= 15 is 0 Å². The first kappa shape index (κ1) is 24.1. The van der Waals surface area contributed by atoms with Crippen LogP contribution < -0.4 is 5.32 Å². The van der Waals surface area contributed by atoms with Crippen LogP contribution in [0.1, 0.15) is 59.7 Å². The number of nitrogens with one attached hydrogen (secondary N) is 1. The number of aryl methyl sites for hydroxylation is 1. The third-order valence-corrected chi connectivity index (χ3v) is 7.36. The van der Waals surface area contributed by atoms with Gasteiger partial charge in [-0.15, -0.1) is 11.3 Å². The molecule has 0 aliphatic heterocycles. The highest BCUT2D eigenvalue weighted by molar-refractivity contribution is 7.10. The zero-order valence-corrected chi connectivity index (χ0v) is 20.6. The van der Waals surface area contributed by atoms with Gasteiger partial charge in [0, 0.05) is 29.9 Å². The predicted molar refractivity (Wildman–Crippen MR) is 137 cm³/mol. The molecule has 1 aliphatic rings. The van der Waals surface area contributed by atoms with Crippen LogP contribution in [0.15, 0.2) is 66.3 Å². The maximum atomic E-state index is 13.7. The van der Waals surface area contributed by atoms with E-state index < -0.39 is 6.04 Å². The van der Waals surface area contributed by atoms with Crippen molar-refractivity contribution in [1.82, 2.24) is 15.2 Å². The van der Waals surface area contributed by atoms with Gasteiger partial charge in [0.05, 0.1) is 6.42 Å². The maximum Gasteiger partial charge on any atom is 0.247 e. The van der Waals surface area contributed by atoms with Gasteiger partial charge in [-0.1, -0.05) is 55.2 Å². The number of benzene rings is 1. The van der Waals surface area contributed by atoms with Crippen molar-refractivity contribution >= 4 is 23.2 Å². The first-order valence-electron chi connectivity index (χ1n) is 12.2. The van der Waals surface area contributed by atoms with E-state index in [0.717, 1.165) is 41.7 Å². The Morgan fingerprint density at radius 3 is 2.59 bits per heavy atom. The molecule has 5 nitrogen and oxygen atoms in total. The second-order valence-electron chi connectivity index (χ2n) is 9.11. The Bertz CT molecular complexity index is 1060. The van der Waals surface area contributed by atoms with Crippen LogP contribution in [0.4, 0.5) is 0 Å². The Kier molecular flexibility index (Phi) is 8.47. The number of carbonyl (C=O) groups is 2. The lowest BCUT2D eigenvalue weighted by molar-refractivity contribution is -0.140. The molecule has 0 spiro atoms. The van der Waals surface area contributed by atoms with Crippen LogP contribution in [0.5, 0.6) is 0 Å². The number of rotatable bonds is 9. The number of nitrogens with zero attached hydrogens (tertiary/aromatic N) is 2. The fourth-order valence-electron chi connectivity index (χ4n) is 4.72. The summed E-state index contributed by atoms with van der Waals surface area (Å²) in [6.45, 7) is 2.54. The predicted octanol–water partition coefficient (Wildman–Crippen LogP) is 5.26. The Morgan fingerprint density at radius 1 is 1.09 bits per heavy atom. The molecule has 34 heavy (non-hydrogen) atoms. The topological polar surface area (TPSA) is 62.3 Å². The van der Waals surface area contributed by atoms with Crippen LogP contribution in [-0.2, 0) is 22.4 Å². The van der Waals surface area contributed by atoms with Crippen LogP contribution >= 0.6 is 11.3 Å². The Morgan fingerprint density at radius 2 is 1.88 bits per heavy atom. The average molecular weight is 476 g/mol. The van der Waals surface area contributed by atoms with E-state index in [1.807, 2.05) is 35.7 Å². The highest BCUT2D eigenvalue weighted by atomic mass is 32.1. The molecule has 4 rings (SSSR count). The molecule has 2 aromatic heterocycles. The van der Waals surface area contributed by atoms with Crippen molar-refractivity contribution in [3.05, 3.63) is 87.9 Å². The average Bonchev–Trinajstić information content (AvgIpc) is 3.36. The van der Waals surface area contributed by atoms with E-state index in [1.165, 1.54) is 12.0 Å². The molecular weight excluding hydrogens is 442 g/mol. The summed E-state index contributed by atoms with van der Waals surface area (Å²) in [5, 5.41) is 5.25. The molecule has 2 heterocycles. The van der Waals surface area contributed by atoms with Crippen LogP contribution in [0.2, 0.25) is 0 Å². The first-order chi connectivity index (χ1) is 16.6. The molecular formula is C28H33N3O2S. The standard InChI is InChI=1S/C28H33N3O2S/c1-21-7-5-8-22(19-21)14-17-31(26(32)20-25-11-6-18-34-25)27(23-12-15-29-16-13-23)28(33)30-24-9-3-2-4-10-24/h5-8,11-13,15-16,18-19,24,27H,2-4,9-10,14,17,20H2,1H3,(H,30,33). The number of hydrogen-bond acceptors (Lipinski definition) is 4. The molecule has 1 fully saturated rings. The second-order valence-corrected chi connectivity index (χ2v) is 10.1. The number of aromatic nitrogens is 1. The van der Waals surface area contributed by atoms with Gasteiger partial charge in [0.25, 0.3) is 0 Å². The molecule has 2 amide bonds. The van der Waals surface area contributed by atoms with Crippen LogP contribution in [-0.4, -0.2) is 34.3 Å². The van der Waals surface area contributed by atoms with Crippen LogP contribution in [0.3, 0.4) is 0 Å². The Hall–Kier alpha value is -2.99. The van der Waals surface area contributed by atoms with Crippen molar-refractivity contribution < 1.29 is 9.59 Å². The first-order valence-corrected chi connectivity index (χ1v) is 13.1. The SMILES string of the molecule is Cc1cccc(CCN(C(=O)Cc2cccs2)C(C(=O)NC2CCCCC2)c2ccncc2)c1. The van der Waals surface area contributed by atoms with Gasteiger partial charge in [-0.3, -0.25) is 14.6 Å². The van der Waals surface area contributed by atoms with Gasteiger partial charge < -0.3 is 10.2 Å². The Labute approximate surface area is 206 Å². The zero-order valence-electron chi connectivity index (χ0n) is 19.8. The molecule has 1 saturated carbocycles. The van der Waals surface area contributed by atoms with E-state index in [4.69, 9.17) is 0 Å². The molecule has 178 valence electrons. The number of pyridine rings is 1. The molecule has 1 aliphatic carbocycles. The molecule has 0 saturated heterocycles. The highest BCUT2D eigenvalue weighted by Gasteiger charge is 2.32. The zero-order chi connectivity index (χ0) is 23.8. The van der Waals surface area contributed by atoms with Crippen molar-refractivity contribution in [3.8, 4) is 0 Å². The summed E-state index contributed by atoms with van der Waals surface area (Å²) in [6.07, 6.45) is 9.88. The maximum absolute atomic E-state index is 13.7. The third-order valence-electron chi connectivity index (χ3n) is 6.48. The number of hydrogen-bond donors (Lipinski definition) is 1. The fraction of sp³-hybridized carbons (Fsp3) is 0.393. The van der Waals surface area contributed by atoms with Crippen molar-refractivity contribution in [1.29, 1.82) is 0 Å². The largest absolute Gasteiger partial charge is 0.351 e. The summed E-state index contributed by atoms with van der Waals surface area (Å²) in [6, 6.07) is 15.5. The van der Waals surface area contributed by atoms with E-state index in [1.54, 1.807) is 28.6 Å². The van der Waals surface area contributed by atoms with Gasteiger partial charge in [-0.2, -0.15) is 0 Å². The molecule has 6 heteroatoms. The molecule has 1 atom stereocenters. The number of carbonyl (C=O) groups excluding carboxylic acids is 2. The molecule has 1 unspecified atom stereocenters. The summed E-state index contributed by atoms with van der Waals surface area (Å²) in [4.78, 5) is 34.3. The molecule has 3 aromatic rings. The van der Waals surface area contributed by atoms with Crippen LogP contribution in [0, 0.1) is 6.92 Å².